The highest BCUT2D eigenvalue weighted by molar-refractivity contribution is 4.85. The molecule has 0 aromatic carbocycles. The molecule has 2 saturated heterocycles. The molecule has 0 aromatic heterocycles. The number of hydrazine groups is 1. The highest BCUT2D eigenvalue weighted by atomic mass is 15.6. The monoisotopic (exact) mass is 169 g/mol. The van der Waals surface area contributed by atoms with Crippen LogP contribution in [0, 0.1) is 0 Å². The van der Waals surface area contributed by atoms with Gasteiger partial charge in [-0.05, 0) is 19.4 Å². The molecule has 70 valence electrons. The summed E-state index contributed by atoms with van der Waals surface area (Å²) in [5.41, 5.74) is 0. The number of hydrogen-bond acceptors (Lipinski definition) is 3. The van der Waals surface area contributed by atoms with Gasteiger partial charge < -0.3 is 0 Å². The standard InChI is InChI=1S/C9H19N3/c1-10(2)12-7-6-11-5-3-4-9(11)8-12/h9H,3-8H2,1-2H3. The van der Waals surface area contributed by atoms with Crippen LogP contribution < -0.4 is 0 Å². The molecule has 2 aliphatic rings. The van der Waals surface area contributed by atoms with Gasteiger partial charge in [0.2, 0.25) is 0 Å². The molecule has 0 bridgehead atoms. The van der Waals surface area contributed by atoms with Crippen LogP contribution in [0.5, 0.6) is 0 Å². The van der Waals surface area contributed by atoms with Crippen LogP contribution in [-0.4, -0.2) is 61.2 Å². The lowest BCUT2D eigenvalue weighted by Gasteiger charge is -2.40. The smallest absolute Gasteiger partial charge is 0.0290 e. The van der Waals surface area contributed by atoms with Gasteiger partial charge in [-0.1, -0.05) is 0 Å². The minimum absolute atomic E-state index is 0.848. The minimum atomic E-state index is 0.848. The average molecular weight is 169 g/mol. The highest BCUT2D eigenvalue weighted by Crippen LogP contribution is 2.21. The van der Waals surface area contributed by atoms with E-state index in [1.54, 1.807) is 0 Å². The Hall–Kier alpha value is -0.120. The number of piperazine rings is 1. The van der Waals surface area contributed by atoms with E-state index in [1.807, 2.05) is 0 Å². The summed E-state index contributed by atoms with van der Waals surface area (Å²) in [5, 5.41) is 4.68. The zero-order valence-electron chi connectivity index (χ0n) is 8.16. The minimum Gasteiger partial charge on any atom is -0.298 e. The van der Waals surface area contributed by atoms with Gasteiger partial charge >= 0.3 is 0 Å². The Morgan fingerprint density at radius 3 is 2.75 bits per heavy atom. The largest absolute Gasteiger partial charge is 0.298 e. The van der Waals surface area contributed by atoms with Crippen LogP contribution in [-0.2, 0) is 0 Å². The van der Waals surface area contributed by atoms with Gasteiger partial charge in [0.1, 0.15) is 0 Å². The van der Waals surface area contributed by atoms with Crippen molar-refractivity contribution in [2.45, 2.75) is 18.9 Å². The molecule has 2 fully saturated rings. The van der Waals surface area contributed by atoms with Crippen molar-refractivity contribution >= 4 is 0 Å². The molecule has 2 heterocycles. The predicted molar refractivity (Wildman–Crippen MR) is 49.9 cm³/mol. The predicted octanol–water partition coefficient (Wildman–Crippen LogP) is 0.243. The van der Waals surface area contributed by atoms with Crippen LogP contribution >= 0.6 is 0 Å². The van der Waals surface area contributed by atoms with Crippen LogP contribution in [0.2, 0.25) is 0 Å². The van der Waals surface area contributed by atoms with Crippen molar-refractivity contribution in [3.05, 3.63) is 0 Å². The summed E-state index contributed by atoms with van der Waals surface area (Å²) >= 11 is 0. The molecule has 3 heteroatoms. The molecule has 0 radical (unpaired) electrons. The van der Waals surface area contributed by atoms with Gasteiger partial charge in [0.15, 0.2) is 0 Å². The van der Waals surface area contributed by atoms with E-state index in [1.165, 1.54) is 39.0 Å². The zero-order valence-corrected chi connectivity index (χ0v) is 8.16. The quantitative estimate of drug-likeness (QED) is 0.557. The van der Waals surface area contributed by atoms with Gasteiger partial charge in [-0.15, -0.1) is 0 Å². The SMILES string of the molecule is CN(C)N1CCN2CCCC2C1. The molecule has 12 heavy (non-hydrogen) atoms. The molecule has 0 spiro atoms. The van der Waals surface area contributed by atoms with Crippen molar-refractivity contribution in [2.24, 2.45) is 0 Å². The molecule has 1 atom stereocenters. The van der Waals surface area contributed by atoms with Gasteiger partial charge in [0.25, 0.3) is 0 Å². The molecular weight excluding hydrogens is 150 g/mol. The van der Waals surface area contributed by atoms with E-state index in [9.17, 15) is 0 Å². The van der Waals surface area contributed by atoms with Crippen molar-refractivity contribution in [2.75, 3.05) is 40.3 Å². The number of fused-ring (bicyclic) bond motifs is 1. The molecule has 0 aliphatic carbocycles. The summed E-state index contributed by atoms with van der Waals surface area (Å²) in [4.78, 5) is 2.64. The van der Waals surface area contributed by atoms with Crippen LogP contribution in [0.15, 0.2) is 0 Å². The highest BCUT2D eigenvalue weighted by Gasteiger charge is 2.30. The Kier molecular flexibility index (Phi) is 2.35. The first-order valence-corrected chi connectivity index (χ1v) is 4.93. The molecule has 2 rings (SSSR count). The van der Waals surface area contributed by atoms with Crippen LogP contribution in [0.1, 0.15) is 12.8 Å². The van der Waals surface area contributed by atoms with Crippen molar-refractivity contribution in [3.63, 3.8) is 0 Å². The first kappa shape index (κ1) is 8.48. The van der Waals surface area contributed by atoms with E-state index in [0.29, 0.717) is 0 Å². The first-order chi connectivity index (χ1) is 5.77. The van der Waals surface area contributed by atoms with E-state index in [-0.39, 0.29) is 0 Å². The van der Waals surface area contributed by atoms with E-state index >= 15 is 0 Å². The third-order valence-electron chi connectivity index (χ3n) is 3.13. The van der Waals surface area contributed by atoms with Crippen molar-refractivity contribution in [3.8, 4) is 0 Å². The fourth-order valence-electron chi connectivity index (χ4n) is 2.34. The van der Waals surface area contributed by atoms with Crippen LogP contribution in [0.25, 0.3) is 0 Å². The van der Waals surface area contributed by atoms with E-state index in [4.69, 9.17) is 0 Å². The normalized spacial score (nSPS) is 32.8. The number of nitrogens with zero attached hydrogens (tertiary/aromatic N) is 3. The average Bonchev–Trinajstić information content (AvgIpc) is 2.49. The fourth-order valence-corrected chi connectivity index (χ4v) is 2.34. The van der Waals surface area contributed by atoms with Crippen molar-refractivity contribution < 1.29 is 0 Å². The second-order valence-electron chi connectivity index (χ2n) is 4.09. The second kappa shape index (κ2) is 3.32. The van der Waals surface area contributed by atoms with E-state index in [2.05, 4.69) is 29.0 Å². The summed E-state index contributed by atoms with van der Waals surface area (Å²) in [6.07, 6.45) is 2.82. The third kappa shape index (κ3) is 1.49. The van der Waals surface area contributed by atoms with E-state index in [0.717, 1.165) is 6.04 Å². The number of hydrogen-bond donors (Lipinski definition) is 0. The topological polar surface area (TPSA) is 9.72 Å². The molecule has 1 unspecified atom stereocenters. The van der Waals surface area contributed by atoms with Crippen molar-refractivity contribution in [1.29, 1.82) is 0 Å². The molecular formula is C9H19N3. The lowest BCUT2D eigenvalue weighted by Crippen LogP contribution is -2.54. The second-order valence-corrected chi connectivity index (χ2v) is 4.09. The maximum atomic E-state index is 2.64. The number of rotatable bonds is 1. The first-order valence-electron chi connectivity index (χ1n) is 4.93. The Labute approximate surface area is 74.9 Å². The van der Waals surface area contributed by atoms with Crippen LogP contribution in [0.4, 0.5) is 0 Å². The molecule has 0 saturated carbocycles. The fraction of sp³-hybridized carbons (Fsp3) is 1.00. The maximum absolute atomic E-state index is 2.64. The molecule has 3 nitrogen and oxygen atoms in total. The molecule has 0 aromatic rings. The summed E-state index contributed by atoms with van der Waals surface area (Å²) < 4.78 is 0. The van der Waals surface area contributed by atoms with Gasteiger partial charge in [-0.25, -0.2) is 10.0 Å². The van der Waals surface area contributed by atoms with E-state index < -0.39 is 0 Å². The Morgan fingerprint density at radius 2 is 2.00 bits per heavy atom. The zero-order chi connectivity index (χ0) is 8.55. The molecule has 2 aliphatic heterocycles. The maximum Gasteiger partial charge on any atom is 0.0290 e. The van der Waals surface area contributed by atoms with Crippen molar-refractivity contribution in [1.82, 2.24) is 14.9 Å². The summed E-state index contributed by atoms with van der Waals surface area (Å²) in [6, 6.07) is 0.848. The Morgan fingerprint density at radius 1 is 1.17 bits per heavy atom. The summed E-state index contributed by atoms with van der Waals surface area (Å²) in [6.45, 7) is 5.06. The third-order valence-corrected chi connectivity index (χ3v) is 3.13. The summed E-state index contributed by atoms with van der Waals surface area (Å²) in [5.74, 6) is 0. The molecule has 0 amide bonds. The Bertz CT molecular complexity index is 158. The lowest BCUT2D eigenvalue weighted by atomic mass is 10.2. The van der Waals surface area contributed by atoms with Gasteiger partial charge in [-0.2, -0.15) is 0 Å². The van der Waals surface area contributed by atoms with Gasteiger partial charge in [0, 0.05) is 39.8 Å². The van der Waals surface area contributed by atoms with Gasteiger partial charge in [0.05, 0.1) is 0 Å². The summed E-state index contributed by atoms with van der Waals surface area (Å²) in [7, 11) is 4.29. The van der Waals surface area contributed by atoms with Crippen LogP contribution in [0.3, 0.4) is 0 Å². The Balaban J connectivity index is 1.92. The lowest BCUT2D eigenvalue weighted by molar-refractivity contribution is -0.0338. The van der Waals surface area contributed by atoms with Gasteiger partial charge in [-0.3, -0.25) is 4.90 Å². The molecule has 0 N–H and O–H groups in total.